The third-order valence-corrected chi connectivity index (χ3v) is 3.54. The van der Waals surface area contributed by atoms with Crippen LogP contribution in [0.2, 0.25) is 0 Å². The van der Waals surface area contributed by atoms with Gasteiger partial charge in [0.05, 0.1) is 7.11 Å². The van der Waals surface area contributed by atoms with E-state index in [0.29, 0.717) is 0 Å². The molecule has 0 fully saturated rings. The number of carboxylic acids is 1. The number of alkyl halides is 3. The summed E-state index contributed by atoms with van der Waals surface area (Å²) in [5, 5.41) is 11.3. The number of carbonyl (C=O) groups is 1. The first-order chi connectivity index (χ1) is 12.5. The molecule has 4 nitrogen and oxygen atoms in total. The molecule has 0 amide bonds. The average molecular weight is 397 g/mol. The van der Waals surface area contributed by atoms with E-state index in [9.17, 15) is 35.5 Å². The van der Waals surface area contributed by atoms with Crippen molar-refractivity contribution in [3.8, 4) is 5.75 Å². The van der Waals surface area contributed by atoms with Crippen LogP contribution in [0.15, 0.2) is 18.2 Å². The number of methoxy groups -OCH3 is 1. The van der Waals surface area contributed by atoms with E-state index in [4.69, 9.17) is 9.84 Å². The molecule has 2 aromatic rings. The number of aromatic carboxylic acids is 1. The van der Waals surface area contributed by atoms with Crippen molar-refractivity contribution in [3.63, 3.8) is 0 Å². The fourth-order valence-corrected chi connectivity index (χ4v) is 2.26. The van der Waals surface area contributed by atoms with Gasteiger partial charge in [0.2, 0.25) is 0 Å². The minimum Gasteiger partial charge on any atom is -0.496 e. The Morgan fingerprint density at radius 3 is 2.07 bits per heavy atom. The van der Waals surface area contributed by atoms with Gasteiger partial charge in [-0.3, -0.25) is 0 Å². The number of rotatable bonds is 5. The molecule has 0 aliphatic heterocycles. The SMILES string of the molecule is COc1ccc(NCc2c(F)c(F)c(C(F)(F)F)c(F)c2F)cc1C(=O)O. The zero-order valence-electron chi connectivity index (χ0n) is 13.3. The molecule has 0 heterocycles. The van der Waals surface area contributed by atoms with E-state index in [-0.39, 0.29) is 17.0 Å². The van der Waals surface area contributed by atoms with Gasteiger partial charge in [-0.15, -0.1) is 0 Å². The van der Waals surface area contributed by atoms with Crippen molar-refractivity contribution in [3.05, 3.63) is 58.2 Å². The quantitative estimate of drug-likeness (QED) is 0.573. The molecule has 0 aliphatic carbocycles. The van der Waals surface area contributed by atoms with Crippen molar-refractivity contribution in [1.82, 2.24) is 0 Å². The van der Waals surface area contributed by atoms with E-state index in [1.165, 1.54) is 19.2 Å². The first kappa shape index (κ1) is 20.3. The second-order valence-electron chi connectivity index (χ2n) is 5.18. The largest absolute Gasteiger partial charge is 0.496 e. The number of carboxylic acid groups (broad SMARTS) is 1. The number of anilines is 1. The lowest BCUT2D eigenvalue weighted by atomic mass is 10.1. The molecular weight excluding hydrogens is 387 g/mol. The zero-order valence-corrected chi connectivity index (χ0v) is 13.3. The van der Waals surface area contributed by atoms with Gasteiger partial charge >= 0.3 is 12.1 Å². The Balaban J connectivity index is 2.40. The molecule has 11 heteroatoms. The smallest absolute Gasteiger partial charge is 0.422 e. The van der Waals surface area contributed by atoms with Gasteiger partial charge in [-0.1, -0.05) is 0 Å². The van der Waals surface area contributed by atoms with Gasteiger partial charge in [0.15, 0.2) is 23.3 Å². The van der Waals surface area contributed by atoms with Crippen LogP contribution in [0.5, 0.6) is 5.75 Å². The fraction of sp³-hybridized carbons (Fsp3) is 0.188. The van der Waals surface area contributed by atoms with Crippen LogP contribution >= 0.6 is 0 Å². The van der Waals surface area contributed by atoms with Crippen LogP contribution in [0.25, 0.3) is 0 Å². The summed E-state index contributed by atoms with van der Waals surface area (Å²) in [6, 6.07) is 3.44. The first-order valence-electron chi connectivity index (χ1n) is 7.06. The molecular formula is C16H10F7NO3. The summed E-state index contributed by atoms with van der Waals surface area (Å²) in [5.41, 5.74) is -4.34. The highest BCUT2D eigenvalue weighted by molar-refractivity contribution is 5.92. The topological polar surface area (TPSA) is 58.6 Å². The van der Waals surface area contributed by atoms with Gasteiger partial charge in [0.1, 0.15) is 16.9 Å². The summed E-state index contributed by atoms with van der Waals surface area (Å²) in [6.07, 6.45) is -5.63. The summed E-state index contributed by atoms with van der Waals surface area (Å²) < 4.78 is 97.2. The van der Waals surface area contributed by atoms with E-state index in [0.717, 1.165) is 6.07 Å². The summed E-state index contributed by atoms with van der Waals surface area (Å²) in [6.45, 7) is -0.949. The van der Waals surface area contributed by atoms with Gasteiger partial charge in [0, 0.05) is 17.8 Å². The van der Waals surface area contributed by atoms with Gasteiger partial charge in [-0.2, -0.15) is 13.2 Å². The second-order valence-corrected chi connectivity index (χ2v) is 5.18. The molecule has 27 heavy (non-hydrogen) atoms. The highest BCUT2D eigenvalue weighted by Gasteiger charge is 2.42. The Kier molecular flexibility index (Phi) is 5.52. The van der Waals surface area contributed by atoms with Gasteiger partial charge in [-0.25, -0.2) is 22.4 Å². The number of nitrogens with one attached hydrogen (secondary N) is 1. The maximum Gasteiger partial charge on any atom is 0.422 e. The fourth-order valence-electron chi connectivity index (χ4n) is 2.26. The van der Waals surface area contributed by atoms with E-state index in [1.54, 1.807) is 0 Å². The average Bonchev–Trinajstić information content (AvgIpc) is 2.58. The van der Waals surface area contributed by atoms with Crippen LogP contribution in [0.1, 0.15) is 21.5 Å². The van der Waals surface area contributed by atoms with E-state index in [1.807, 2.05) is 0 Å². The minimum absolute atomic E-state index is 0.0305. The molecule has 0 saturated carbocycles. The molecule has 0 aliphatic rings. The molecule has 0 bridgehead atoms. The zero-order chi connectivity index (χ0) is 20.5. The maximum atomic E-state index is 13.8. The lowest BCUT2D eigenvalue weighted by Crippen LogP contribution is -2.18. The molecule has 146 valence electrons. The maximum absolute atomic E-state index is 13.8. The Hall–Kier alpha value is -2.98. The molecule has 0 spiro atoms. The molecule has 0 aromatic heterocycles. The molecule has 0 atom stereocenters. The summed E-state index contributed by atoms with van der Waals surface area (Å²) in [7, 11) is 1.20. The number of ether oxygens (including phenoxy) is 1. The number of hydrogen-bond donors (Lipinski definition) is 2. The Morgan fingerprint density at radius 1 is 1.07 bits per heavy atom. The summed E-state index contributed by atoms with van der Waals surface area (Å²) in [4.78, 5) is 11.1. The minimum atomic E-state index is -5.63. The van der Waals surface area contributed by atoms with Crippen LogP contribution in [-0.4, -0.2) is 18.2 Å². The summed E-state index contributed by atoms with van der Waals surface area (Å²) in [5.74, 6) is -11.0. The highest BCUT2D eigenvalue weighted by atomic mass is 19.4. The Bertz CT molecular complexity index is 868. The van der Waals surface area contributed by atoms with Gasteiger partial charge < -0.3 is 15.2 Å². The van der Waals surface area contributed by atoms with Crippen molar-refractivity contribution in [2.75, 3.05) is 12.4 Å². The normalized spacial score (nSPS) is 11.4. The van der Waals surface area contributed by atoms with Crippen LogP contribution in [0.3, 0.4) is 0 Å². The number of halogens is 7. The van der Waals surface area contributed by atoms with Crippen LogP contribution in [-0.2, 0) is 12.7 Å². The third kappa shape index (κ3) is 3.91. The van der Waals surface area contributed by atoms with Gasteiger partial charge in [-0.05, 0) is 18.2 Å². The lowest BCUT2D eigenvalue weighted by molar-refractivity contribution is -0.143. The molecule has 2 N–H and O–H groups in total. The standard InChI is InChI=1S/C16H10F7NO3/c1-27-9-3-2-6(4-7(9)15(25)26)24-5-8-11(17)13(19)10(16(21,22)23)14(20)12(8)18/h2-4,24H,5H2,1H3,(H,25,26). The van der Waals surface area contributed by atoms with E-state index in [2.05, 4.69) is 5.32 Å². The van der Waals surface area contributed by atoms with Gasteiger partial charge in [0.25, 0.3) is 0 Å². The highest BCUT2D eigenvalue weighted by Crippen LogP contribution is 2.37. The van der Waals surface area contributed by atoms with Crippen LogP contribution < -0.4 is 10.1 Å². The number of benzene rings is 2. The first-order valence-corrected chi connectivity index (χ1v) is 7.06. The predicted octanol–water partition coefficient (Wildman–Crippen LogP) is 4.58. The van der Waals surface area contributed by atoms with E-state index < -0.39 is 53.1 Å². The molecule has 0 radical (unpaired) electrons. The van der Waals surface area contributed by atoms with Crippen LogP contribution in [0.4, 0.5) is 36.4 Å². The van der Waals surface area contributed by atoms with Crippen molar-refractivity contribution in [2.45, 2.75) is 12.7 Å². The van der Waals surface area contributed by atoms with Crippen molar-refractivity contribution in [1.29, 1.82) is 0 Å². The van der Waals surface area contributed by atoms with Crippen LogP contribution in [0, 0.1) is 23.3 Å². The lowest BCUT2D eigenvalue weighted by Gasteiger charge is -2.15. The second kappa shape index (κ2) is 7.33. The Morgan fingerprint density at radius 2 is 1.63 bits per heavy atom. The summed E-state index contributed by atoms with van der Waals surface area (Å²) >= 11 is 0. The molecule has 0 saturated heterocycles. The van der Waals surface area contributed by atoms with Crippen molar-refractivity contribution < 1.29 is 45.4 Å². The monoisotopic (exact) mass is 397 g/mol. The van der Waals surface area contributed by atoms with Crippen molar-refractivity contribution in [2.24, 2.45) is 0 Å². The van der Waals surface area contributed by atoms with E-state index >= 15 is 0 Å². The third-order valence-electron chi connectivity index (χ3n) is 3.54. The molecule has 2 aromatic carbocycles. The number of hydrogen-bond acceptors (Lipinski definition) is 3. The van der Waals surface area contributed by atoms with Crippen molar-refractivity contribution >= 4 is 11.7 Å². The Labute approximate surface area is 147 Å². The predicted molar refractivity (Wildman–Crippen MR) is 78.6 cm³/mol. The molecule has 2 rings (SSSR count). The molecule has 0 unspecified atom stereocenters.